The molecule has 3 aromatic carbocycles. The molecule has 0 aliphatic heterocycles. The third-order valence-electron chi connectivity index (χ3n) is 4.83. The fourth-order valence-electron chi connectivity index (χ4n) is 3.32. The van der Waals surface area contributed by atoms with Crippen molar-refractivity contribution in [2.75, 3.05) is 5.32 Å². The van der Waals surface area contributed by atoms with Crippen LogP contribution >= 0.6 is 11.3 Å². The van der Waals surface area contributed by atoms with Gasteiger partial charge < -0.3 is 11.1 Å². The minimum Gasteiger partial charge on any atom is -0.381 e. The number of nitrogens with two attached hydrogens (primary N) is 1. The molecule has 7 heteroatoms. The summed E-state index contributed by atoms with van der Waals surface area (Å²) in [6, 6.07) is 19.8. The normalized spacial score (nSPS) is 11.2. The summed E-state index contributed by atoms with van der Waals surface area (Å²) in [7, 11) is 0. The zero-order valence-electron chi connectivity index (χ0n) is 15.4. The van der Waals surface area contributed by atoms with E-state index in [2.05, 4.69) is 45.7 Å². The van der Waals surface area contributed by atoms with E-state index in [4.69, 9.17) is 5.73 Å². The number of carbonyl (C=O) groups excluding carboxylic acids is 1. The largest absolute Gasteiger partial charge is 0.381 e. The van der Waals surface area contributed by atoms with Crippen molar-refractivity contribution in [1.82, 2.24) is 14.8 Å². The predicted octanol–water partition coefficient (Wildman–Crippen LogP) is 4.35. The molecule has 0 saturated heterocycles. The third-order valence-corrected chi connectivity index (χ3v) is 5.64. The number of anilines is 1. The zero-order valence-corrected chi connectivity index (χ0v) is 16.2. The highest BCUT2D eigenvalue weighted by Gasteiger charge is 2.11. The summed E-state index contributed by atoms with van der Waals surface area (Å²) >= 11 is 1.64. The van der Waals surface area contributed by atoms with Crippen molar-refractivity contribution in [2.24, 2.45) is 5.73 Å². The number of aromatic nitrogens is 3. The van der Waals surface area contributed by atoms with Crippen molar-refractivity contribution in [3.05, 3.63) is 83.5 Å². The van der Waals surface area contributed by atoms with Crippen LogP contribution in [0.5, 0.6) is 0 Å². The van der Waals surface area contributed by atoms with Crippen LogP contribution in [0.15, 0.2) is 72.4 Å². The van der Waals surface area contributed by atoms with Crippen LogP contribution in [0.4, 0.5) is 5.69 Å². The molecular weight excluding hydrogens is 382 g/mol. The summed E-state index contributed by atoms with van der Waals surface area (Å²) < 4.78 is 2.95. The molecule has 0 spiro atoms. The van der Waals surface area contributed by atoms with Crippen LogP contribution in [0.25, 0.3) is 26.8 Å². The molecule has 0 atom stereocenters. The second kappa shape index (κ2) is 7.03. The molecule has 0 radical (unpaired) electrons. The minimum absolute atomic E-state index is 0.430. The van der Waals surface area contributed by atoms with Crippen molar-refractivity contribution in [2.45, 2.75) is 6.54 Å². The smallest absolute Gasteiger partial charge is 0.250 e. The summed E-state index contributed by atoms with van der Waals surface area (Å²) in [5.74, 6) is -0.474. The Morgan fingerprint density at radius 2 is 1.97 bits per heavy atom. The zero-order chi connectivity index (χ0) is 19.8. The number of nitrogens with zero attached hydrogens (tertiary/aromatic N) is 3. The van der Waals surface area contributed by atoms with Crippen LogP contribution in [-0.2, 0) is 6.54 Å². The summed E-state index contributed by atoms with van der Waals surface area (Å²) in [6.45, 7) is 0.711. The number of amides is 1. The predicted molar refractivity (Wildman–Crippen MR) is 117 cm³/mol. The molecule has 1 amide bonds. The quantitative estimate of drug-likeness (QED) is 0.460. The Kier molecular flexibility index (Phi) is 4.22. The van der Waals surface area contributed by atoms with Crippen LogP contribution in [0.3, 0.4) is 0 Å². The van der Waals surface area contributed by atoms with Gasteiger partial charge in [0, 0.05) is 23.8 Å². The number of hydrogen-bond acceptors (Lipinski definition) is 5. The fraction of sp³-hybridized carbons (Fsp3) is 0.0455. The number of benzene rings is 3. The van der Waals surface area contributed by atoms with E-state index in [1.165, 1.54) is 4.70 Å². The van der Waals surface area contributed by atoms with Crippen molar-refractivity contribution in [3.8, 4) is 5.69 Å². The molecule has 0 aliphatic rings. The monoisotopic (exact) mass is 399 g/mol. The summed E-state index contributed by atoms with van der Waals surface area (Å²) in [4.78, 5) is 16.0. The molecule has 29 heavy (non-hydrogen) atoms. The molecule has 6 nitrogen and oxygen atoms in total. The highest BCUT2D eigenvalue weighted by Crippen LogP contribution is 2.22. The first kappa shape index (κ1) is 17.4. The number of hydrogen-bond donors (Lipinski definition) is 2. The van der Waals surface area contributed by atoms with Gasteiger partial charge >= 0.3 is 0 Å². The molecule has 2 aromatic heterocycles. The molecular formula is C22H17N5OS. The Hall–Kier alpha value is -3.71. The van der Waals surface area contributed by atoms with Gasteiger partial charge in [0.1, 0.15) is 5.52 Å². The fourth-order valence-corrected chi connectivity index (χ4v) is 3.97. The van der Waals surface area contributed by atoms with Gasteiger partial charge in [-0.05, 0) is 42.0 Å². The van der Waals surface area contributed by atoms with E-state index in [1.54, 1.807) is 22.1 Å². The number of thiazole rings is 1. The minimum atomic E-state index is -0.474. The number of carbonyl (C=O) groups is 1. The third kappa shape index (κ3) is 3.32. The topological polar surface area (TPSA) is 85.8 Å². The highest BCUT2D eigenvalue weighted by molar-refractivity contribution is 7.16. The van der Waals surface area contributed by atoms with Crippen LogP contribution in [0.1, 0.15) is 15.9 Å². The summed E-state index contributed by atoms with van der Waals surface area (Å²) in [5.41, 5.74) is 12.5. The van der Waals surface area contributed by atoms with E-state index in [1.807, 2.05) is 36.0 Å². The number of fused-ring (bicyclic) bond motifs is 2. The molecule has 0 unspecified atom stereocenters. The molecule has 0 fully saturated rings. The van der Waals surface area contributed by atoms with Crippen molar-refractivity contribution in [3.63, 3.8) is 0 Å². The lowest BCUT2D eigenvalue weighted by molar-refractivity contribution is 0.100. The van der Waals surface area contributed by atoms with Gasteiger partial charge in [-0.3, -0.25) is 4.79 Å². The SMILES string of the molecule is NC(=O)c1cccc2cn(-c3ccc(CNc4ccc5scnc5c4)cc3)nc12. The Labute approximate surface area is 170 Å². The molecule has 2 heterocycles. The van der Waals surface area contributed by atoms with Gasteiger partial charge in [0.2, 0.25) is 0 Å². The highest BCUT2D eigenvalue weighted by atomic mass is 32.1. The maximum absolute atomic E-state index is 11.6. The standard InChI is InChI=1S/C22H17N5OS/c23-22(28)18-3-1-2-15-12-27(26-21(15)18)17-7-4-14(5-8-17)11-24-16-6-9-20-19(10-16)25-13-29-20/h1-10,12-13,24H,11H2,(H2,23,28). The van der Waals surface area contributed by atoms with E-state index in [0.29, 0.717) is 17.6 Å². The van der Waals surface area contributed by atoms with Crippen molar-refractivity contribution < 1.29 is 4.79 Å². The van der Waals surface area contributed by atoms with Gasteiger partial charge in [0.05, 0.1) is 27.0 Å². The van der Waals surface area contributed by atoms with E-state index < -0.39 is 5.91 Å². The second-order valence-electron chi connectivity index (χ2n) is 6.74. The number of primary amides is 1. The summed E-state index contributed by atoms with van der Waals surface area (Å²) in [5, 5.41) is 8.86. The van der Waals surface area contributed by atoms with E-state index >= 15 is 0 Å². The Balaban J connectivity index is 1.35. The van der Waals surface area contributed by atoms with Gasteiger partial charge in [-0.2, -0.15) is 5.10 Å². The average Bonchev–Trinajstić information content (AvgIpc) is 3.38. The van der Waals surface area contributed by atoms with Crippen LogP contribution in [0.2, 0.25) is 0 Å². The van der Waals surface area contributed by atoms with Crippen molar-refractivity contribution >= 4 is 44.1 Å². The Morgan fingerprint density at radius 3 is 2.79 bits per heavy atom. The van der Waals surface area contributed by atoms with Gasteiger partial charge in [0.15, 0.2) is 0 Å². The van der Waals surface area contributed by atoms with Crippen molar-refractivity contribution in [1.29, 1.82) is 0 Å². The first-order valence-electron chi connectivity index (χ1n) is 9.12. The lowest BCUT2D eigenvalue weighted by Gasteiger charge is -2.08. The first-order valence-corrected chi connectivity index (χ1v) is 10.00. The molecule has 5 aromatic rings. The van der Waals surface area contributed by atoms with E-state index in [0.717, 1.165) is 27.8 Å². The Bertz CT molecular complexity index is 1340. The molecule has 0 saturated carbocycles. The van der Waals surface area contributed by atoms with E-state index in [-0.39, 0.29) is 0 Å². The second-order valence-corrected chi connectivity index (χ2v) is 7.62. The lowest BCUT2D eigenvalue weighted by Crippen LogP contribution is -2.11. The maximum Gasteiger partial charge on any atom is 0.250 e. The van der Waals surface area contributed by atoms with E-state index in [9.17, 15) is 4.79 Å². The first-order chi connectivity index (χ1) is 14.2. The van der Waals surface area contributed by atoms with Gasteiger partial charge in [-0.15, -0.1) is 11.3 Å². The van der Waals surface area contributed by atoms with Crippen LogP contribution in [-0.4, -0.2) is 20.7 Å². The number of rotatable bonds is 5. The summed E-state index contributed by atoms with van der Waals surface area (Å²) in [6.07, 6.45) is 1.90. The molecule has 142 valence electrons. The van der Waals surface area contributed by atoms with Gasteiger partial charge in [-0.1, -0.05) is 24.3 Å². The molecule has 0 bridgehead atoms. The molecule has 5 rings (SSSR count). The number of nitrogens with one attached hydrogen (secondary N) is 1. The maximum atomic E-state index is 11.6. The average molecular weight is 399 g/mol. The van der Waals surface area contributed by atoms with Gasteiger partial charge in [0.25, 0.3) is 5.91 Å². The molecule has 3 N–H and O–H groups in total. The van der Waals surface area contributed by atoms with Crippen LogP contribution < -0.4 is 11.1 Å². The van der Waals surface area contributed by atoms with Crippen LogP contribution in [0, 0.1) is 0 Å². The van der Waals surface area contributed by atoms with Gasteiger partial charge in [-0.25, -0.2) is 9.67 Å². The lowest BCUT2D eigenvalue weighted by atomic mass is 10.1. The Morgan fingerprint density at radius 1 is 1.10 bits per heavy atom. The molecule has 0 aliphatic carbocycles.